The Morgan fingerprint density at radius 2 is 1.80 bits per heavy atom. The number of aromatic nitrogens is 4. The summed E-state index contributed by atoms with van der Waals surface area (Å²) in [6.07, 6.45) is 6.75. The number of aryl methyl sites for hydroxylation is 1. The van der Waals surface area contributed by atoms with Gasteiger partial charge in [-0.3, -0.25) is 9.67 Å². The van der Waals surface area contributed by atoms with Crippen molar-refractivity contribution < 1.29 is 8.78 Å². The lowest BCUT2D eigenvalue weighted by Gasteiger charge is -2.20. The highest BCUT2D eigenvalue weighted by molar-refractivity contribution is 6.36. The number of nitriles is 2. The summed E-state index contributed by atoms with van der Waals surface area (Å²) in [7, 11) is 0. The number of rotatable bonds is 10. The number of halogens is 3. The second-order valence-electron chi connectivity index (χ2n) is 10.8. The molecule has 9 nitrogen and oxygen atoms in total. The molecule has 0 radical (unpaired) electrons. The number of nitrogens with one attached hydrogen (secondary N) is 2. The molecule has 1 atom stereocenters. The van der Waals surface area contributed by atoms with Gasteiger partial charge in [0, 0.05) is 23.8 Å². The first kappa shape index (κ1) is 29.9. The maximum Gasteiger partial charge on any atom is 0.167 e. The second kappa shape index (κ2) is 13.3. The van der Waals surface area contributed by atoms with Crippen LogP contribution in [0.15, 0.2) is 67.0 Å². The third-order valence-electron chi connectivity index (χ3n) is 7.86. The van der Waals surface area contributed by atoms with Gasteiger partial charge in [-0.25, -0.2) is 8.78 Å². The highest BCUT2D eigenvalue weighted by Crippen LogP contribution is 2.37. The second-order valence-corrected chi connectivity index (χ2v) is 11.2. The molecule has 0 saturated carbocycles. The molecule has 0 amide bonds. The summed E-state index contributed by atoms with van der Waals surface area (Å²) in [4.78, 5) is 6.83. The van der Waals surface area contributed by atoms with E-state index in [1.165, 1.54) is 31.2 Å². The third-order valence-corrected chi connectivity index (χ3v) is 8.15. The quantitative estimate of drug-likeness (QED) is 0.172. The van der Waals surface area contributed by atoms with Gasteiger partial charge in [0.05, 0.1) is 39.7 Å². The fourth-order valence-electron chi connectivity index (χ4n) is 5.61. The van der Waals surface area contributed by atoms with Crippen molar-refractivity contribution in [2.24, 2.45) is 0 Å². The molecule has 2 N–H and O–H groups in total. The number of benzene rings is 3. The monoisotopic (exact) mass is 623 g/mol. The molecular weight excluding hydrogens is 596 g/mol. The van der Waals surface area contributed by atoms with Crippen LogP contribution in [0.25, 0.3) is 10.9 Å². The first-order valence-corrected chi connectivity index (χ1v) is 14.9. The number of hydrogen-bond acceptors (Lipinski definition) is 8. The summed E-state index contributed by atoms with van der Waals surface area (Å²) < 4.78 is 30.9. The summed E-state index contributed by atoms with van der Waals surface area (Å²) in [5.41, 5.74) is 2.02. The Kier molecular flexibility index (Phi) is 8.83. The Hall–Kier alpha value is -5.10. The van der Waals surface area contributed by atoms with Gasteiger partial charge in [0.15, 0.2) is 5.82 Å². The Morgan fingerprint density at radius 1 is 1.00 bits per heavy atom. The Balaban J connectivity index is 1.34. The number of anilines is 3. The van der Waals surface area contributed by atoms with Crippen LogP contribution in [0, 0.1) is 34.3 Å². The number of fused-ring (bicyclic) bond motifs is 1. The van der Waals surface area contributed by atoms with E-state index in [-0.39, 0.29) is 22.0 Å². The lowest BCUT2D eigenvalue weighted by Crippen LogP contribution is -2.21. The van der Waals surface area contributed by atoms with Gasteiger partial charge in [0.25, 0.3) is 0 Å². The van der Waals surface area contributed by atoms with Gasteiger partial charge in [0.1, 0.15) is 29.2 Å². The molecule has 1 unspecified atom stereocenters. The molecule has 0 aliphatic carbocycles. The molecule has 6 rings (SSSR count). The standard InChI is InChI=1S/C33H28ClF2N9/c34-26-16-23(15-24-31(22(17-37)19-39-33(24)26)41-28-10-9-27(35)25(18-38)30(28)36)40-32(21-7-2-1-3-8-21)29-20-45(43-42-29)14-6-13-44-11-4-5-12-44/h1-3,7-10,15-16,19-20,32,40H,4-6,11-14H2,(H,39,41). The summed E-state index contributed by atoms with van der Waals surface area (Å²) in [5, 5.41) is 35.1. The molecular formula is C33H28ClF2N9. The number of likely N-dealkylation sites (tertiary alicyclic amines) is 1. The molecule has 1 aliphatic rings. The highest BCUT2D eigenvalue weighted by atomic mass is 35.5. The molecule has 12 heteroatoms. The Bertz CT molecular complexity index is 1930. The average molecular weight is 624 g/mol. The minimum atomic E-state index is -1.07. The van der Waals surface area contributed by atoms with Crippen LogP contribution >= 0.6 is 11.6 Å². The fraction of sp³-hybridized carbons (Fsp3) is 0.242. The van der Waals surface area contributed by atoms with Gasteiger partial charge in [-0.2, -0.15) is 10.5 Å². The van der Waals surface area contributed by atoms with Crippen molar-refractivity contribution in [2.45, 2.75) is 31.8 Å². The molecule has 0 bridgehead atoms. The smallest absolute Gasteiger partial charge is 0.167 e. The van der Waals surface area contributed by atoms with E-state index in [1.54, 1.807) is 12.1 Å². The molecule has 3 aromatic carbocycles. The largest absolute Gasteiger partial charge is 0.373 e. The van der Waals surface area contributed by atoms with Crippen molar-refractivity contribution in [1.29, 1.82) is 10.5 Å². The first-order chi connectivity index (χ1) is 21.9. The normalized spacial score (nSPS) is 13.8. The molecule has 226 valence electrons. The van der Waals surface area contributed by atoms with Gasteiger partial charge in [0.2, 0.25) is 0 Å². The summed E-state index contributed by atoms with van der Waals surface area (Å²) >= 11 is 6.71. The van der Waals surface area contributed by atoms with Crippen molar-refractivity contribution >= 4 is 39.6 Å². The Morgan fingerprint density at radius 3 is 2.56 bits per heavy atom. The van der Waals surface area contributed by atoms with E-state index >= 15 is 4.39 Å². The minimum absolute atomic E-state index is 0.106. The van der Waals surface area contributed by atoms with Crippen LogP contribution in [-0.2, 0) is 6.54 Å². The van der Waals surface area contributed by atoms with Gasteiger partial charge in [-0.05, 0) is 68.7 Å². The van der Waals surface area contributed by atoms with Crippen molar-refractivity contribution in [3.8, 4) is 12.1 Å². The first-order valence-electron chi connectivity index (χ1n) is 14.6. The van der Waals surface area contributed by atoms with Crippen molar-refractivity contribution in [3.63, 3.8) is 0 Å². The van der Waals surface area contributed by atoms with Crippen LogP contribution < -0.4 is 10.6 Å². The van der Waals surface area contributed by atoms with Crippen LogP contribution in [-0.4, -0.2) is 44.5 Å². The van der Waals surface area contributed by atoms with Crippen LogP contribution in [0.3, 0.4) is 0 Å². The predicted octanol–water partition coefficient (Wildman–Crippen LogP) is 6.93. The highest BCUT2D eigenvalue weighted by Gasteiger charge is 2.21. The molecule has 5 aromatic rings. The van der Waals surface area contributed by atoms with Crippen LogP contribution in [0.1, 0.15) is 47.7 Å². The van der Waals surface area contributed by atoms with Crippen molar-refractivity contribution in [2.75, 3.05) is 30.3 Å². The number of nitrogens with zero attached hydrogens (tertiary/aromatic N) is 7. The molecule has 1 aliphatic heterocycles. The molecule has 0 spiro atoms. The van der Waals surface area contributed by atoms with Crippen LogP contribution in [0.5, 0.6) is 0 Å². The van der Waals surface area contributed by atoms with E-state index in [4.69, 9.17) is 11.6 Å². The van der Waals surface area contributed by atoms with Crippen LogP contribution in [0.2, 0.25) is 5.02 Å². The Labute approximate surface area is 263 Å². The number of pyridine rings is 1. The predicted molar refractivity (Wildman–Crippen MR) is 168 cm³/mol. The zero-order valence-electron chi connectivity index (χ0n) is 24.1. The maximum atomic E-state index is 15.0. The molecule has 3 heterocycles. The van der Waals surface area contributed by atoms with E-state index in [1.807, 2.05) is 41.2 Å². The lowest BCUT2D eigenvalue weighted by atomic mass is 10.0. The minimum Gasteiger partial charge on any atom is -0.373 e. The average Bonchev–Trinajstić information content (AvgIpc) is 3.75. The molecule has 1 fully saturated rings. The summed E-state index contributed by atoms with van der Waals surface area (Å²) in [6, 6.07) is 18.6. The summed E-state index contributed by atoms with van der Waals surface area (Å²) in [6.45, 7) is 4.08. The van der Waals surface area contributed by atoms with E-state index in [9.17, 15) is 14.9 Å². The molecule has 45 heavy (non-hydrogen) atoms. The third kappa shape index (κ3) is 6.41. The zero-order valence-corrected chi connectivity index (χ0v) is 24.9. The maximum absolute atomic E-state index is 15.0. The number of hydrogen-bond donors (Lipinski definition) is 2. The van der Waals surface area contributed by atoms with Crippen molar-refractivity contribution in [1.82, 2.24) is 24.9 Å². The summed E-state index contributed by atoms with van der Waals surface area (Å²) in [5.74, 6) is -2.05. The van der Waals surface area contributed by atoms with Gasteiger partial charge in [-0.15, -0.1) is 5.10 Å². The van der Waals surface area contributed by atoms with Gasteiger partial charge in [-0.1, -0.05) is 47.1 Å². The SMILES string of the molecule is N#Cc1cnc2c(Cl)cc(NC(c3ccccc3)c3cn(CCCN4CCCC4)nn3)cc2c1Nc1ccc(F)c(C#N)c1F. The van der Waals surface area contributed by atoms with E-state index in [2.05, 4.69) is 36.9 Å². The van der Waals surface area contributed by atoms with E-state index in [0.717, 1.165) is 44.2 Å². The lowest BCUT2D eigenvalue weighted by molar-refractivity contribution is 0.321. The van der Waals surface area contributed by atoms with E-state index in [0.29, 0.717) is 22.3 Å². The van der Waals surface area contributed by atoms with Crippen LogP contribution in [0.4, 0.5) is 25.8 Å². The van der Waals surface area contributed by atoms with Gasteiger partial charge >= 0.3 is 0 Å². The molecule has 1 saturated heterocycles. The topological polar surface area (TPSA) is 118 Å². The zero-order chi connectivity index (χ0) is 31.3. The van der Waals surface area contributed by atoms with Crippen molar-refractivity contribution in [3.05, 3.63) is 106 Å². The van der Waals surface area contributed by atoms with Gasteiger partial charge < -0.3 is 15.5 Å². The van der Waals surface area contributed by atoms with E-state index < -0.39 is 23.2 Å². The molecule has 2 aromatic heterocycles. The fourth-order valence-corrected chi connectivity index (χ4v) is 5.87.